The van der Waals surface area contributed by atoms with E-state index >= 15 is 0 Å². The summed E-state index contributed by atoms with van der Waals surface area (Å²) in [4.78, 5) is 10.5. The number of hydrogen-bond acceptors (Lipinski definition) is 2. The van der Waals surface area contributed by atoms with Crippen molar-refractivity contribution < 1.29 is 9.90 Å². The van der Waals surface area contributed by atoms with Crippen molar-refractivity contribution in [2.24, 2.45) is 5.73 Å². The highest BCUT2D eigenvalue weighted by molar-refractivity contribution is 5.61. The normalized spacial score (nSPS) is 4.57. The van der Waals surface area contributed by atoms with Crippen LogP contribution in [0.15, 0.2) is 0 Å². The topological polar surface area (TPSA) is 124 Å². The number of rotatable bonds is 0. The van der Waals surface area contributed by atoms with Crippen LogP contribution in [0.3, 0.4) is 0 Å². The highest BCUT2D eigenvalue weighted by atomic mass is 16.4. The molecule has 0 heterocycles. The van der Waals surface area contributed by atoms with Crippen LogP contribution in [-0.2, 0) is 0 Å². The number of hydrogen-bond donors (Lipinski definition) is 3. The van der Waals surface area contributed by atoms with Crippen LogP contribution in [0.1, 0.15) is 0 Å². The molecule has 6 heteroatoms. The van der Waals surface area contributed by atoms with E-state index in [0.29, 0.717) is 0 Å². The van der Waals surface area contributed by atoms with E-state index in [2.05, 4.69) is 5.73 Å². The zero-order valence-electron chi connectivity index (χ0n) is 3.33. The lowest BCUT2D eigenvalue weighted by Crippen LogP contribution is -2.03. The molecule has 1 amide bonds. The van der Waals surface area contributed by atoms with Gasteiger partial charge >= 0.3 is 6.09 Å². The average molecular weight is 104 g/mol. The maximum Gasteiger partial charge on any atom is 0.402 e. The minimum Gasteiger partial charge on any atom is -0.465 e. The second-order valence-corrected chi connectivity index (χ2v) is 0.438. The number of nitrogens with two attached hydrogens (primary N) is 1. The Labute approximate surface area is 39.0 Å². The minimum absolute atomic E-state index is 1.33. The van der Waals surface area contributed by atoms with Gasteiger partial charge in [-0.15, -0.1) is 5.53 Å². The van der Waals surface area contributed by atoms with Crippen molar-refractivity contribution >= 4 is 6.09 Å². The summed E-state index contributed by atoms with van der Waals surface area (Å²) in [6.45, 7) is 0. The molecular weight excluding hydrogens is 100 g/mol. The summed E-state index contributed by atoms with van der Waals surface area (Å²) in [5.41, 5.74) is 16.3. The summed E-state index contributed by atoms with van der Waals surface area (Å²) in [7, 11) is 0. The number of carbonyl (C=O) groups is 1. The van der Waals surface area contributed by atoms with Crippen molar-refractivity contribution in [2.45, 2.75) is 0 Å². The minimum atomic E-state index is -1.33. The molecule has 6 nitrogen and oxygen atoms in total. The Morgan fingerprint density at radius 3 is 2.00 bits per heavy atom. The van der Waals surface area contributed by atoms with Gasteiger partial charge < -0.3 is 10.8 Å². The van der Waals surface area contributed by atoms with Crippen LogP contribution in [0.25, 0.3) is 10.4 Å². The van der Waals surface area contributed by atoms with E-state index < -0.39 is 6.09 Å². The van der Waals surface area contributed by atoms with Gasteiger partial charge in [-0.3, -0.25) is 0 Å². The first kappa shape index (κ1) is 9.13. The van der Waals surface area contributed by atoms with Crippen molar-refractivity contribution in [3.05, 3.63) is 10.4 Å². The van der Waals surface area contributed by atoms with Crippen LogP contribution in [-0.4, -0.2) is 11.2 Å². The summed E-state index contributed by atoms with van der Waals surface area (Å²) < 4.78 is 0. The molecule has 0 aromatic carbocycles. The highest BCUT2D eigenvalue weighted by Crippen LogP contribution is 1.34. The lowest BCUT2D eigenvalue weighted by Gasteiger charge is -1.61. The Balaban J connectivity index is 0. The Kier molecular flexibility index (Phi) is 11.5. The Morgan fingerprint density at radius 1 is 2.00 bits per heavy atom. The van der Waals surface area contributed by atoms with Crippen molar-refractivity contribution in [3.63, 3.8) is 0 Å². The molecular formula is CH4N4O2. The SMILES string of the molecule is NC(=O)O.[N-]=[N+]=N. The van der Waals surface area contributed by atoms with Gasteiger partial charge in [0.05, 0.1) is 0 Å². The molecule has 7 heavy (non-hydrogen) atoms. The van der Waals surface area contributed by atoms with E-state index in [9.17, 15) is 0 Å². The maximum atomic E-state index is 8.78. The number of carboxylic acid groups (broad SMARTS) is 1. The molecule has 0 unspecified atom stereocenters. The molecule has 0 aliphatic heterocycles. The number of primary amides is 1. The molecule has 0 bridgehead atoms. The zero-order chi connectivity index (χ0) is 6.28. The van der Waals surface area contributed by atoms with Crippen LogP contribution >= 0.6 is 0 Å². The molecule has 0 rings (SSSR count). The quantitative estimate of drug-likeness (QED) is 0.235. The standard InChI is InChI=1S/CH3NO2.HN3/c2-1(3)4;1-3-2/h2H2,(H,3,4);1H. The fourth-order valence-electron chi connectivity index (χ4n) is 0. The van der Waals surface area contributed by atoms with Gasteiger partial charge in [0.1, 0.15) is 0 Å². The van der Waals surface area contributed by atoms with Crippen LogP contribution < -0.4 is 5.73 Å². The third kappa shape index (κ3) is 15.1. The van der Waals surface area contributed by atoms with Gasteiger partial charge in [0.2, 0.25) is 0 Å². The van der Waals surface area contributed by atoms with Gasteiger partial charge in [-0.1, -0.05) is 0 Å². The highest BCUT2D eigenvalue weighted by Gasteiger charge is 1.65. The van der Waals surface area contributed by atoms with Crippen LogP contribution in [0.4, 0.5) is 4.79 Å². The first-order valence-electron chi connectivity index (χ1n) is 1.14. The largest absolute Gasteiger partial charge is 0.465 e. The third-order valence-electron chi connectivity index (χ3n) is 0. The lowest BCUT2D eigenvalue weighted by atomic mass is 11.3. The van der Waals surface area contributed by atoms with Gasteiger partial charge in [-0.2, -0.15) is 0 Å². The summed E-state index contributed by atoms with van der Waals surface area (Å²) in [6.07, 6.45) is -1.33. The second-order valence-electron chi connectivity index (χ2n) is 0.438. The molecule has 0 aromatic heterocycles. The predicted molar refractivity (Wildman–Crippen MR) is 21.6 cm³/mol. The molecule has 0 saturated heterocycles. The maximum absolute atomic E-state index is 8.78. The monoisotopic (exact) mass is 104 g/mol. The van der Waals surface area contributed by atoms with Gasteiger partial charge in [0.15, 0.2) is 0 Å². The summed E-state index contributed by atoms with van der Waals surface area (Å²) in [5, 5.41) is 7.19. The van der Waals surface area contributed by atoms with E-state index in [4.69, 9.17) is 21.0 Å². The molecule has 0 spiro atoms. The van der Waals surface area contributed by atoms with Crippen molar-refractivity contribution in [1.82, 2.24) is 0 Å². The van der Waals surface area contributed by atoms with E-state index in [1.807, 2.05) is 0 Å². The molecule has 0 radical (unpaired) electrons. The van der Waals surface area contributed by atoms with Gasteiger partial charge in [-0.05, 0) is 10.4 Å². The molecule has 0 fully saturated rings. The third-order valence-corrected chi connectivity index (χ3v) is 0. The first-order chi connectivity index (χ1) is 3.15. The van der Waals surface area contributed by atoms with E-state index in [0.717, 1.165) is 0 Å². The van der Waals surface area contributed by atoms with Crippen LogP contribution in [0.5, 0.6) is 0 Å². The van der Waals surface area contributed by atoms with Crippen molar-refractivity contribution in [1.29, 1.82) is 5.53 Å². The number of amides is 1. The predicted octanol–water partition coefficient (Wildman–Crippen LogP) is 0.499. The van der Waals surface area contributed by atoms with E-state index in [1.54, 1.807) is 4.91 Å². The molecule has 0 aliphatic rings. The molecule has 0 aliphatic carbocycles. The Morgan fingerprint density at radius 2 is 2.00 bits per heavy atom. The van der Waals surface area contributed by atoms with Crippen molar-refractivity contribution in [3.8, 4) is 0 Å². The summed E-state index contributed by atoms with van der Waals surface area (Å²) in [6, 6.07) is 0. The van der Waals surface area contributed by atoms with E-state index in [1.165, 1.54) is 0 Å². The Hall–Kier alpha value is -1.42. The Bertz CT molecular complexity index is 77.7. The number of nitrogens with one attached hydrogen (secondary N) is 1. The lowest BCUT2D eigenvalue weighted by molar-refractivity contribution is 0.205. The van der Waals surface area contributed by atoms with Gasteiger partial charge in [0.25, 0.3) is 0 Å². The molecule has 0 aromatic rings. The van der Waals surface area contributed by atoms with E-state index in [-0.39, 0.29) is 0 Å². The molecule has 4 N–H and O–H groups in total. The molecule has 0 atom stereocenters. The molecule has 40 valence electrons. The average Bonchev–Trinajstić information content (AvgIpc) is 1.33. The fraction of sp³-hybridized carbons (Fsp3) is 0. The second kappa shape index (κ2) is 8.82. The number of nitrogens with zero attached hydrogens (tertiary/aromatic N) is 2. The summed E-state index contributed by atoms with van der Waals surface area (Å²) >= 11 is 0. The fourth-order valence-corrected chi connectivity index (χ4v) is 0. The van der Waals surface area contributed by atoms with Crippen LogP contribution in [0, 0.1) is 5.53 Å². The van der Waals surface area contributed by atoms with Gasteiger partial charge in [0, 0.05) is 0 Å². The van der Waals surface area contributed by atoms with Crippen LogP contribution in [0.2, 0.25) is 0 Å². The smallest absolute Gasteiger partial charge is 0.402 e. The van der Waals surface area contributed by atoms with Crippen molar-refractivity contribution in [2.75, 3.05) is 0 Å². The summed E-state index contributed by atoms with van der Waals surface area (Å²) in [5.74, 6) is 0. The first-order valence-corrected chi connectivity index (χ1v) is 1.14. The zero-order valence-corrected chi connectivity index (χ0v) is 3.33. The van der Waals surface area contributed by atoms with Gasteiger partial charge in [-0.25, -0.2) is 4.79 Å². The molecule has 0 saturated carbocycles.